The minimum Gasteiger partial charge on any atom is -0.337 e. The first kappa shape index (κ1) is 15.5. The molecule has 0 saturated heterocycles. The molecule has 112 valence electrons. The molecule has 1 aromatic rings. The molecule has 2 N–H and O–H groups in total. The van der Waals surface area contributed by atoms with Gasteiger partial charge in [0.15, 0.2) is 0 Å². The fraction of sp³-hybridized carbons (Fsp3) is 0.643. The maximum Gasteiger partial charge on any atom is 0.315 e. The number of aryl methyl sites for hydroxylation is 2. The highest BCUT2D eigenvalue weighted by Gasteiger charge is 2.12. The number of hydrogen-bond acceptors (Lipinski definition) is 3. The molecule has 1 atom stereocenters. The number of hydrogen-bond donors (Lipinski definition) is 2. The summed E-state index contributed by atoms with van der Waals surface area (Å²) in [5, 5.41) is 5.58. The van der Waals surface area contributed by atoms with Crippen molar-refractivity contribution in [2.75, 3.05) is 18.6 Å². The molecule has 0 saturated carbocycles. The molecular formula is C14H22N2O2S2. The number of amides is 2. The van der Waals surface area contributed by atoms with Gasteiger partial charge < -0.3 is 10.6 Å². The van der Waals surface area contributed by atoms with Gasteiger partial charge >= 0.3 is 6.03 Å². The van der Waals surface area contributed by atoms with E-state index in [0.29, 0.717) is 18.8 Å². The van der Waals surface area contributed by atoms with E-state index in [1.54, 1.807) is 6.26 Å². The second kappa shape index (κ2) is 7.78. The van der Waals surface area contributed by atoms with E-state index in [1.807, 2.05) is 11.3 Å². The number of nitrogens with one attached hydrogen (secondary N) is 2. The van der Waals surface area contributed by atoms with E-state index in [9.17, 15) is 9.00 Å². The highest BCUT2D eigenvalue weighted by molar-refractivity contribution is 7.84. The predicted molar refractivity (Wildman–Crippen MR) is 84.7 cm³/mol. The van der Waals surface area contributed by atoms with Gasteiger partial charge in [0.05, 0.1) is 6.54 Å². The lowest BCUT2D eigenvalue weighted by atomic mass is 10.1. The highest BCUT2D eigenvalue weighted by atomic mass is 32.2. The summed E-state index contributed by atoms with van der Waals surface area (Å²) >= 11 is 1.83. The summed E-state index contributed by atoms with van der Waals surface area (Å²) in [6.45, 7) is 1.04. The van der Waals surface area contributed by atoms with E-state index in [1.165, 1.54) is 47.4 Å². The monoisotopic (exact) mass is 314 g/mol. The summed E-state index contributed by atoms with van der Waals surface area (Å²) in [5.41, 5.74) is 1.48. The first-order chi connectivity index (χ1) is 9.65. The molecule has 0 radical (unpaired) electrons. The Kier molecular flexibility index (Phi) is 6.04. The van der Waals surface area contributed by atoms with Gasteiger partial charge in [-0.1, -0.05) is 6.42 Å². The number of carbonyl (C=O) groups is 1. The number of carbonyl (C=O) groups excluding carboxylic acids is 1. The standard InChI is InChI=1S/C14H22N2O2S2/c1-20(18)8-7-15-14(17)16-10-12-9-11-5-3-2-4-6-13(11)19-12/h9H,2-8,10H2,1H3,(H2,15,16,17). The van der Waals surface area contributed by atoms with Crippen molar-refractivity contribution in [3.05, 3.63) is 21.4 Å². The second-order valence-electron chi connectivity index (χ2n) is 5.11. The molecule has 1 aromatic heterocycles. The van der Waals surface area contributed by atoms with Crippen LogP contribution in [0.4, 0.5) is 4.79 Å². The lowest BCUT2D eigenvalue weighted by Crippen LogP contribution is -2.36. The topological polar surface area (TPSA) is 58.2 Å². The summed E-state index contributed by atoms with van der Waals surface area (Å²) in [5.74, 6) is 0.501. The molecule has 0 bridgehead atoms. The van der Waals surface area contributed by atoms with Crippen LogP contribution in [0, 0.1) is 0 Å². The largest absolute Gasteiger partial charge is 0.337 e. The van der Waals surface area contributed by atoms with Crippen LogP contribution >= 0.6 is 11.3 Å². The summed E-state index contributed by atoms with van der Waals surface area (Å²) in [4.78, 5) is 14.3. The van der Waals surface area contributed by atoms with Gasteiger partial charge in [0, 0.05) is 39.1 Å². The molecule has 0 fully saturated rings. The van der Waals surface area contributed by atoms with Crippen molar-refractivity contribution in [1.82, 2.24) is 10.6 Å². The second-order valence-corrected chi connectivity index (χ2v) is 7.88. The van der Waals surface area contributed by atoms with Crippen LogP contribution in [0.25, 0.3) is 0 Å². The SMILES string of the molecule is CS(=O)CCNC(=O)NCc1cc2c(s1)CCCCC2. The van der Waals surface area contributed by atoms with Crippen LogP contribution in [0.5, 0.6) is 0 Å². The van der Waals surface area contributed by atoms with Crippen molar-refractivity contribution in [3.63, 3.8) is 0 Å². The Bertz CT molecular complexity index is 462. The zero-order valence-electron chi connectivity index (χ0n) is 11.9. The third-order valence-electron chi connectivity index (χ3n) is 3.40. The van der Waals surface area contributed by atoms with Crippen LogP contribution in [0.15, 0.2) is 6.07 Å². The van der Waals surface area contributed by atoms with Gasteiger partial charge in [-0.25, -0.2) is 4.79 Å². The molecule has 1 heterocycles. The van der Waals surface area contributed by atoms with E-state index in [2.05, 4.69) is 16.7 Å². The minimum atomic E-state index is -0.859. The lowest BCUT2D eigenvalue weighted by molar-refractivity contribution is 0.241. The van der Waals surface area contributed by atoms with Crippen LogP contribution in [-0.2, 0) is 30.2 Å². The van der Waals surface area contributed by atoms with Gasteiger partial charge in [-0.3, -0.25) is 4.21 Å². The van der Waals surface area contributed by atoms with E-state index in [0.717, 1.165) is 0 Å². The molecule has 0 aromatic carbocycles. The van der Waals surface area contributed by atoms with Crippen LogP contribution in [-0.4, -0.2) is 28.8 Å². The van der Waals surface area contributed by atoms with Crippen molar-refractivity contribution in [2.45, 2.75) is 38.6 Å². The summed E-state index contributed by atoms with van der Waals surface area (Å²) < 4.78 is 10.9. The van der Waals surface area contributed by atoms with Gasteiger partial charge in [0.25, 0.3) is 0 Å². The van der Waals surface area contributed by atoms with Crippen LogP contribution < -0.4 is 10.6 Å². The van der Waals surface area contributed by atoms with Crippen LogP contribution in [0.2, 0.25) is 0 Å². The Morgan fingerprint density at radius 1 is 1.30 bits per heavy atom. The molecule has 4 nitrogen and oxygen atoms in total. The van der Waals surface area contributed by atoms with Gasteiger partial charge in [0.2, 0.25) is 0 Å². The van der Waals surface area contributed by atoms with Crippen molar-refractivity contribution >= 4 is 28.2 Å². The molecule has 6 heteroatoms. The number of fused-ring (bicyclic) bond motifs is 1. The molecule has 1 unspecified atom stereocenters. The number of rotatable bonds is 5. The molecule has 1 aliphatic carbocycles. The zero-order chi connectivity index (χ0) is 14.4. The Morgan fingerprint density at radius 2 is 2.10 bits per heavy atom. The third-order valence-corrected chi connectivity index (χ3v) is 5.41. The van der Waals surface area contributed by atoms with E-state index in [4.69, 9.17) is 0 Å². The first-order valence-corrected chi connectivity index (χ1v) is 9.61. The van der Waals surface area contributed by atoms with Gasteiger partial charge in [0.1, 0.15) is 0 Å². The molecule has 0 aliphatic heterocycles. The molecular weight excluding hydrogens is 292 g/mol. The summed E-state index contributed by atoms with van der Waals surface area (Å²) in [6.07, 6.45) is 7.91. The first-order valence-electron chi connectivity index (χ1n) is 7.07. The number of urea groups is 1. The molecule has 1 aliphatic rings. The average molecular weight is 314 g/mol. The highest BCUT2D eigenvalue weighted by Crippen LogP contribution is 2.28. The van der Waals surface area contributed by atoms with Crippen LogP contribution in [0.3, 0.4) is 0 Å². The van der Waals surface area contributed by atoms with E-state index >= 15 is 0 Å². The quantitative estimate of drug-likeness (QED) is 0.819. The van der Waals surface area contributed by atoms with Crippen molar-refractivity contribution < 1.29 is 9.00 Å². The maximum absolute atomic E-state index is 11.6. The molecule has 20 heavy (non-hydrogen) atoms. The maximum atomic E-state index is 11.6. The molecule has 0 spiro atoms. The summed E-state index contributed by atoms with van der Waals surface area (Å²) in [6, 6.07) is 2.06. The average Bonchev–Trinajstić information content (AvgIpc) is 2.66. The Morgan fingerprint density at radius 3 is 2.90 bits per heavy atom. The van der Waals surface area contributed by atoms with Crippen molar-refractivity contribution in [1.29, 1.82) is 0 Å². The van der Waals surface area contributed by atoms with Crippen molar-refractivity contribution in [2.24, 2.45) is 0 Å². The Hall–Kier alpha value is -0.880. The Labute approximate surface area is 126 Å². The fourth-order valence-electron chi connectivity index (χ4n) is 2.35. The van der Waals surface area contributed by atoms with Crippen LogP contribution in [0.1, 0.15) is 34.6 Å². The normalized spacial score (nSPS) is 16.1. The zero-order valence-corrected chi connectivity index (χ0v) is 13.5. The van der Waals surface area contributed by atoms with Gasteiger partial charge in [-0.05, 0) is 37.3 Å². The summed E-state index contributed by atoms with van der Waals surface area (Å²) in [7, 11) is -0.859. The van der Waals surface area contributed by atoms with Gasteiger partial charge in [-0.15, -0.1) is 11.3 Å². The number of thiophene rings is 1. The third kappa shape index (κ3) is 4.90. The molecule has 2 rings (SSSR count). The smallest absolute Gasteiger partial charge is 0.315 e. The predicted octanol–water partition coefficient (Wildman–Crippen LogP) is 2.19. The fourth-order valence-corrected chi connectivity index (χ4v) is 3.94. The lowest BCUT2D eigenvalue weighted by Gasteiger charge is -2.05. The minimum absolute atomic E-state index is 0.181. The van der Waals surface area contributed by atoms with Crippen molar-refractivity contribution in [3.8, 4) is 0 Å². The molecule has 2 amide bonds. The van der Waals surface area contributed by atoms with Gasteiger partial charge in [-0.2, -0.15) is 0 Å². The van der Waals surface area contributed by atoms with E-state index < -0.39 is 10.8 Å². The van der Waals surface area contributed by atoms with E-state index in [-0.39, 0.29) is 6.03 Å². The Balaban J connectivity index is 1.76.